The van der Waals surface area contributed by atoms with Crippen LogP contribution in [0.2, 0.25) is 0 Å². The second-order valence-corrected chi connectivity index (χ2v) is 6.13. The zero-order valence-electron chi connectivity index (χ0n) is 13.6. The molecule has 3 aromatic heterocycles. The number of hydrogen-bond donors (Lipinski definition) is 1. The number of carbonyl (C=O) groups excluding carboxylic acids is 1. The molecule has 7 nitrogen and oxygen atoms in total. The highest BCUT2D eigenvalue weighted by Gasteiger charge is 2.28. The Morgan fingerprint density at radius 3 is 2.72 bits per heavy atom. The van der Waals surface area contributed by atoms with Crippen molar-refractivity contribution in [3.8, 4) is 0 Å². The molecule has 9 heteroatoms. The number of aromatic nitrogens is 4. The largest absolute Gasteiger partial charge is 0.359 e. The Morgan fingerprint density at radius 1 is 1.36 bits per heavy atom. The van der Waals surface area contributed by atoms with E-state index in [9.17, 15) is 13.6 Å². The molecule has 1 amide bonds. The van der Waals surface area contributed by atoms with Gasteiger partial charge in [-0.15, -0.1) is 0 Å². The number of fused-ring (bicyclic) bond motifs is 1. The maximum Gasteiger partial charge on any atom is 0.280 e. The Hall–Kier alpha value is -2.84. The first-order valence-corrected chi connectivity index (χ1v) is 7.87. The molecule has 1 aliphatic rings. The van der Waals surface area contributed by atoms with Crippen molar-refractivity contribution >= 4 is 17.2 Å². The normalized spacial score (nSPS) is 14.4. The number of halogens is 2. The predicted molar refractivity (Wildman–Crippen MR) is 83.8 cm³/mol. The fourth-order valence-corrected chi connectivity index (χ4v) is 2.71. The maximum atomic E-state index is 13.4. The fraction of sp³-hybridized carbons (Fsp3) is 0.375. The van der Waals surface area contributed by atoms with Crippen molar-refractivity contribution in [3.63, 3.8) is 0 Å². The van der Waals surface area contributed by atoms with Crippen LogP contribution in [0.3, 0.4) is 0 Å². The second kappa shape index (κ2) is 5.61. The van der Waals surface area contributed by atoms with Crippen LogP contribution in [0.5, 0.6) is 0 Å². The highest BCUT2D eigenvalue weighted by molar-refractivity contribution is 6.04. The first-order valence-electron chi connectivity index (χ1n) is 7.87. The third-order valence-electron chi connectivity index (χ3n) is 4.20. The van der Waals surface area contributed by atoms with Crippen molar-refractivity contribution in [1.82, 2.24) is 19.8 Å². The maximum absolute atomic E-state index is 13.4. The standard InChI is InChI=1S/C16H15F2N5O2/c1-7-14(8(2)25-22-7)20-16(24)11-6-13-19-10(9-3-4-9)5-12(15(17)18)23(13)21-11/h5-6,9,15H,3-4H2,1-2H3,(H,20,24). The second-order valence-electron chi connectivity index (χ2n) is 6.13. The SMILES string of the molecule is Cc1noc(C)c1NC(=O)c1cc2nc(C3CC3)cc(C(F)F)n2n1. The van der Waals surface area contributed by atoms with E-state index in [1.807, 2.05) is 0 Å². The predicted octanol–water partition coefficient (Wildman–Crippen LogP) is 3.40. The Labute approximate surface area is 141 Å². The number of rotatable bonds is 4. The van der Waals surface area contributed by atoms with Crippen molar-refractivity contribution in [2.75, 3.05) is 5.32 Å². The summed E-state index contributed by atoms with van der Waals surface area (Å²) in [4.78, 5) is 16.8. The Morgan fingerprint density at radius 2 is 2.12 bits per heavy atom. The Balaban J connectivity index is 1.73. The van der Waals surface area contributed by atoms with Crippen LogP contribution in [-0.2, 0) is 0 Å². The van der Waals surface area contributed by atoms with Crippen molar-refractivity contribution < 1.29 is 18.1 Å². The van der Waals surface area contributed by atoms with Crippen LogP contribution >= 0.6 is 0 Å². The van der Waals surface area contributed by atoms with Gasteiger partial charge in [0.25, 0.3) is 12.3 Å². The van der Waals surface area contributed by atoms with Crippen LogP contribution < -0.4 is 5.32 Å². The van der Waals surface area contributed by atoms with Crippen molar-refractivity contribution in [3.05, 3.63) is 40.7 Å². The summed E-state index contributed by atoms with van der Waals surface area (Å²) in [7, 11) is 0. The fourth-order valence-electron chi connectivity index (χ4n) is 2.71. The summed E-state index contributed by atoms with van der Waals surface area (Å²) in [5, 5.41) is 10.4. The lowest BCUT2D eigenvalue weighted by Gasteiger charge is -2.06. The molecule has 0 bridgehead atoms. The van der Waals surface area contributed by atoms with Gasteiger partial charge in [-0.1, -0.05) is 5.16 Å². The Kier molecular flexibility index (Phi) is 3.52. The van der Waals surface area contributed by atoms with E-state index >= 15 is 0 Å². The van der Waals surface area contributed by atoms with Gasteiger partial charge in [0.2, 0.25) is 0 Å². The molecule has 1 N–H and O–H groups in total. The van der Waals surface area contributed by atoms with Crippen molar-refractivity contribution in [2.24, 2.45) is 0 Å². The monoisotopic (exact) mass is 347 g/mol. The summed E-state index contributed by atoms with van der Waals surface area (Å²) in [6.45, 7) is 3.35. The summed E-state index contributed by atoms with van der Waals surface area (Å²) >= 11 is 0. The van der Waals surface area contributed by atoms with Gasteiger partial charge < -0.3 is 9.84 Å². The van der Waals surface area contributed by atoms with Gasteiger partial charge in [-0.25, -0.2) is 18.3 Å². The lowest BCUT2D eigenvalue weighted by Crippen LogP contribution is -2.14. The number of carbonyl (C=O) groups is 1. The summed E-state index contributed by atoms with van der Waals surface area (Å²) in [6, 6.07) is 2.78. The van der Waals surface area contributed by atoms with E-state index in [0.717, 1.165) is 17.4 Å². The zero-order chi connectivity index (χ0) is 17.7. The first-order chi connectivity index (χ1) is 11.9. The van der Waals surface area contributed by atoms with E-state index in [1.54, 1.807) is 13.8 Å². The van der Waals surface area contributed by atoms with Crippen LogP contribution in [0.15, 0.2) is 16.7 Å². The van der Waals surface area contributed by atoms with Gasteiger partial charge in [-0.05, 0) is 32.8 Å². The average molecular weight is 347 g/mol. The number of anilines is 1. The zero-order valence-corrected chi connectivity index (χ0v) is 13.6. The van der Waals surface area contributed by atoms with E-state index in [4.69, 9.17) is 4.52 Å². The number of alkyl halides is 2. The Bertz CT molecular complexity index is 955. The minimum absolute atomic E-state index is 0.00217. The van der Waals surface area contributed by atoms with Gasteiger partial charge >= 0.3 is 0 Å². The highest BCUT2D eigenvalue weighted by Crippen LogP contribution is 2.40. The topological polar surface area (TPSA) is 85.3 Å². The molecule has 1 aliphatic carbocycles. The molecule has 1 saturated carbocycles. The molecule has 1 fully saturated rings. The van der Waals surface area contributed by atoms with Gasteiger partial charge in [0, 0.05) is 17.7 Å². The average Bonchev–Trinajstić information content (AvgIpc) is 3.27. The third kappa shape index (κ3) is 2.75. The lowest BCUT2D eigenvalue weighted by atomic mass is 10.2. The number of nitrogens with zero attached hydrogens (tertiary/aromatic N) is 4. The van der Waals surface area contributed by atoms with Gasteiger partial charge in [-0.3, -0.25) is 4.79 Å². The van der Waals surface area contributed by atoms with E-state index in [1.165, 1.54) is 12.1 Å². The molecule has 0 saturated heterocycles. The van der Waals surface area contributed by atoms with Crippen LogP contribution in [0.25, 0.3) is 5.65 Å². The molecule has 25 heavy (non-hydrogen) atoms. The van der Waals surface area contributed by atoms with E-state index in [0.29, 0.717) is 22.8 Å². The number of nitrogens with one attached hydrogen (secondary N) is 1. The molecule has 4 rings (SSSR count). The van der Waals surface area contributed by atoms with Gasteiger partial charge in [-0.2, -0.15) is 5.10 Å². The summed E-state index contributed by atoms with van der Waals surface area (Å²) < 4.78 is 32.8. The molecule has 0 atom stereocenters. The van der Waals surface area contributed by atoms with Crippen LogP contribution in [0.1, 0.15) is 58.5 Å². The first kappa shape index (κ1) is 15.7. The van der Waals surface area contributed by atoms with Gasteiger partial charge in [0.15, 0.2) is 17.1 Å². The summed E-state index contributed by atoms with van der Waals surface area (Å²) in [5.41, 5.74) is 1.58. The molecular formula is C16H15F2N5O2. The van der Waals surface area contributed by atoms with Crippen molar-refractivity contribution in [2.45, 2.75) is 39.0 Å². The third-order valence-corrected chi connectivity index (χ3v) is 4.20. The van der Waals surface area contributed by atoms with Crippen molar-refractivity contribution in [1.29, 1.82) is 0 Å². The van der Waals surface area contributed by atoms with Crippen LogP contribution in [0.4, 0.5) is 14.5 Å². The number of hydrogen-bond acceptors (Lipinski definition) is 5. The highest BCUT2D eigenvalue weighted by atomic mass is 19.3. The van der Waals surface area contributed by atoms with Gasteiger partial charge in [0.1, 0.15) is 17.1 Å². The molecule has 0 radical (unpaired) electrons. The molecule has 0 unspecified atom stereocenters. The van der Waals surface area contributed by atoms with Crippen LogP contribution in [-0.4, -0.2) is 25.7 Å². The van der Waals surface area contributed by atoms with E-state index in [2.05, 4.69) is 20.6 Å². The van der Waals surface area contributed by atoms with Crippen LogP contribution in [0, 0.1) is 13.8 Å². The minimum Gasteiger partial charge on any atom is -0.359 e. The molecule has 3 aromatic rings. The molecular weight excluding hydrogens is 332 g/mol. The number of amides is 1. The summed E-state index contributed by atoms with van der Waals surface area (Å²) in [5.74, 6) is 0.141. The molecule has 3 heterocycles. The number of aryl methyl sites for hydroxylation is 2. The molecule has 0 aromatic carbocycles. The van der Waals surface area contributed by atoms with E-state index in [-0.39, 0.29) is 23.0 Å². The summed E-state index contributed by atoms with van der Waals surface area (Å²) in [6.07, 6.45) is -0.819. The minimum atomic E-state index is -2.71. The lowest BCUT2D eigenvalue weighted by molar-refractivity contribution is 0.102. The molecule has 0 spiro atoms. The smallest absolute Gasteiger partial charge is 0.280 e. The van der Waals surface area contributed by atoms with Gasteiger partial charge in [0.05, 0.1) is 0 Å². The molecule has 130 valence electrons. The molecule has 0 aliphatic heterocycles. The van der Waals surface area contributed by atoms with E-state index < -0.39 is 12.3 Å². The quantitative estimate of drug-likeness (QED) is 0.782.